The standard InChI is InChI=1S/C19H25N3O3S/c1-2-18-21-12-17(26-18)11-20-10-16-13-22(8-9-24-16)19(23)25-14-15-6-4-3-5-7-15/h3-7,12,16,20H,2,8-11,13-14H2,1H3. The Bertz CT molecular complexity index is 692. The van der Waals surface area contributed by atoms with Crippen molar-refractivity contribution in [2.45, 2.75) is 32.6 Å². The van der Waals surface area contributed by atoms with Crippen LogP contribution in [0.25, 0.3) is 0 Å². The first-order valence-electron chi connectivity index (χ1n) is 8.96. The molecule has 0 radical (unpaired) electrons. The van der Waals surface area contributed by atoms with Crippen molar-refractivity contribution in [3.05, 3.63) is 52.0 Å². The van der Waals surface area contributed by atoms with Gasteiger partial charge in [0.15, 0.2) is 0 Å². The van der Waals surface area contributed by atoms with E-state index in [1.165, 1.54) is 4.88 Å². The molecule has 2 heterocycles. The summed E-state index contributed by atoms with van der Waals surface area (Å²) in [5, 5.41) is 4.55. The Morgan fingerprint density at radius 2 is 2.27 bits per heavy atom. The number of amides is 1. The smallest absolute Gasteiger partial charge is 0.410 e. The first-order chi connectivity index (χ1) is 12.7. The number of ether oxygens (including phenoxy) is 2. The maximum Gasteiger partial charge on any atom is 0.410 e. The molecule has 1 aromatic carbocycles. The largest absolute Gasteiger partial charge is 0.445 e. The van der Waals surface area contributed by atoms with Crippen molar-refractivity contribution < 1.29 is 14.3 Å². The van der Waals surface area contributed by atoms with Crippen LogP contribution in [0.2, 0.25) is 0 Å². The minimum atomic E-state index is -0.280. The molecule has 1 unspecified atom stereocenters. The van der Waals surface area contributed by atoms with Crippen molar-refractivity contribution in [3.8, 4) is 0 Å². The van der Waals surface area contributed by atoms with Gasteiger partial charge in [0.1, 0.15) is 6.61 Å². The van der Waals surface area contributed by atoms with E-state index in [1.807, 2.05) is 36.5 Å². The molecule has 1 fully saturated rings. The SMILES string of the molecule is CCc1ncc(CNCC2CN(C(=O)OCc3ccccc3)CCO2)s1. The van der Waals surface area contributed by atoms with Crippen LogP contribution in [0.4, 0.5) is 4.79 Å². The van der Waals surface area contributed by atoms with Crippen LogP contribution >= 0.6 is 11.3 Å². The van der Waals surface area contributed by atoms with Crippen molar-refractivity contribution in [1.29, 1.82) is 0 Å². The van der Waals surface area contributed by atoms with Crippen molar-refractivity contribution in [2.75, 3.05) is 26.2 Å². The Morgan fingerprint density at radius 3 is 3.04 bits per heavy atom. The number of aryl methyl sites for hydroxylation is 1. The monoisotopic (exact) mass is 375 g/mol. The summed E-state index contributed by atoms with van der Waals surface area (Å²) in [6.45, 7) is 5.52. The molecule has 1 amide bonds. The van der Waals surface area contributed by atoms with Crippen LogP contribution in [0.5, 0.6) is 0 Å². The fourth-order valence-corrected chi connectivity index (χ4v) is 3.60. The van der Waals surface area contributed by atoms with E-state index >= 15 is 0 Å². The maximum absolute atomic E-state index is 12.3. The highest BCUT2D eigenvalue weighted by atomic mass is 32.1. The molecule has 140 valence electrons. The molecule has 7 heteroatoms. The van der Waals surface area contributed by atoms with Crippen molar-refractivity contribution in [3.63, 3.8) is 0 Å². The summed E-state index contributed by atoms with van der Waals surface area (Å²) in [5.41, 5.74) is 0.989. The second kappa shape index (κ2) is 9.66. The molecule has 0 saturated carbocycles. The Hall–Kier alpha value is -1.96. The summed E-state index contributed by atoms with van der Waals surface area (Å²) < 4.78 is 11.2. The third-order valence-electron chi connectivity index (χ3n) is 4.18. The van der Waals surface area contributed by atoms with E-state index < -0.39 is 0 Å². The molecule has 0 bridgehead atoms. The van der Waals surface area contributed by atoms with Crippen molar-refractivity contribution in [2.24, 2.45) is 0 Å². The number of nitrogens with zero attached hydrogens (tertiary/aromatic N) is 2. The van der Waals surface area contributed by atoms with Gasteiger partial charge in [-0.2, -0.15) is 0 Å². The maximum atomic E-state index is 12.3. The fraction of sp³-hybridized carbons (Fsp3) is 0.474. The van der Waals surface area contributed by atoms with Gasteiger partial charge in [0.05, 0.1) is 24.3 Å². The predicted molar refractivity (Wildman–Crippen MR) is 101 cm³/mol. The molecule has 1 atom stereocenters. The van der Waals surface area contributed by atoms with E-state index in [0.717, 1.165) is 23.5 Å². The van der Waals surface area contributed by atoms with Gasteiger partial charge in [-0.25, -0.2) is 9.78 Å². The zero-order chi connectivity index (χ0) is 18.2. The van der Waals surface area contributed by atoms with Gasteiger partial charge in [-0.15, -0.1) is 11.3 Å². The number of hydrogen-bond donors (Lipinski definition) is 1. The van der Waals surface area contributed by atoms with Crippen LogP contribution in [0, 0.1) is 0 Å². The third-order valence-corrected chi connectivity index (χ3v) is 5.32. The highest BCUT2D eigenvalue weighted by Gasteiger charge is 2.25. The first kappa shape index (κ1) is 18.8. The van der Waals surface area contributed by atoms with E-state index in [1.54, 1.807) is 16.2 Å². The number of nitrogens with one attached hydrogen (secondary N) is 1. The average Bonchev–Trinajstić information content (AvgIpc) is 3.15. The van der Waals surface area contributed by atoms with E-state index in [0.29, 0.717) is 32.8 Å². The predicted octanol–water partition coefficient (Wildman–Crippen LogP) is 2.83. The quantitative estimate of drug-likeness (QED) is 0.806. The van der Waals surface area contributed by atoms with E-state index in [2.05, 4.69) is 17.2 Å². The number of morpholine rings is 1. The van der Waals surface area contributed by atoms with Crippen LogP contribution in [0.15, 0.2) is 36.5 Å². The molecule has 1 aromatic heterocycles. The molecular weight excluding hydrogens is 350 g/mol. The Labute approximate surface area is 158 Å². The van der Waals surface area contributed by atoms with Gasteiger partial charge in [-0.3, -0.25) is 0 Å². The zero-order valence-corrected chi connectivity index (χ0v) is 15.8. The van der Waals surface area contributed by atoms with E-state index in [9.17, 15) is 4.79 Å². The lowest BCUT2D eigenvalue weighted by molar-refractivity contribution is -0.0271. The van der Waals surface area contributed by atoms with Gasteiger partial charge in [-0.05, 0) is 12.0 Å². The highest BCUT2D eigenvalue weighted by Crippen LogP contribution is 2.13. The Kier molecular flexibility index (Phi) is 6.99. The van der Waals surface area contributed by atoms with E-state index in [4.69, 9.17) is 9.47 Å². The highest BCUT2D eigenvalue weighted by molar-refractivity contribution is 7.11. The zero-order valence-electron chi connectivity index (χ0n) is 15.0. The summed E-state index contributed by atoms with van der Waals surface area (Å²) in [7, 11) is 0. The molecule has 6 nitrogen and oxygen atoms in total. The van der Waals surface area contributed by atoms with Crippen LogP contribution in [0.1, 0.15) is 22.4 Å². The Balaban J connectivity index is 1.39. The number of thiazole rings is 1. The normalized spacial score (nSPS) is 17.3. The van der Waals surface area contributed by atoms with Crippen LogP contribution in [-0.2, 0) is 29.0 Å². The van der Waals surface area contributed by atoms with Gasteiger partial charge in [0, 0.05) is 30.7 Å². The summed E-state index contributed by atoms with van der Waals surface area (Å²) in [4.78, 5) is 19.6. The minimum absolute atomic E-state index is 0.0217. The number of aromatic nitrogens is 1. The number of carbonyl (C=O) groups excluding carboxylic acids is 1. The lowest BCUT2D eigenvalue weighted by Gasteiger charge is -2.32. The lowest BCUT2D eigenvalue weighted by Crippen LogP contribution is -2.49. The fourth-order valence-electron chi connectivity index (χ4n) is 2.77. The molecule has 0 aliphatic carbocycles. The first-order valence-corrected chi connectivity index (χ1v) is 9.77. The molecule has 26 heavy (non-hydrogen) atoms. The summed E-state index contributed by atoms with van der Waals surface area (Å²) in [5.74, 6) is 0. The van der Waals surface area contributed by atoms with Gasteiger partial charge < -0.3 is 19.7 Å². The molecular formula is C19H25N3O3S. The van der Waals surface area contributed by atoms with Crippen LogP contribution < -0.4 is 5.32 Å². The molecule has 0 spiro atoms. The number of hydrogen-bond acceptors (Lipinski definition) is 6. The summed E-state index contributed by atoms with van der Waals surface area (Å²) in [6, 6.07) is 9.71. The number of rotatable bonds is 7. The minimum Gasteiger partial charge on any atom is -0.445 e. The van der Waals surface area contributed by atoms with Gasteiger partial charge >= 0.3 is 6.09 Å². The topological polar surface area (TPSA) is 63.7 Å². The molecule has 1 aliphatic rings. The number of carbonyl (C=O) groups is 1. The molecule has 1 aliphatic heterocycles. The Morgan fingerprint density at radius 1 is 1.42 bits per heavy atom. The average molecular weight is 375 g/mol. The van der Waals surface area contributed by atoms with Gasteiger partial charge in [0.25, 0.3) is 0 Å². The second-order valence-corrected chi connectivity index (χ2v) is 7.38. The van der Waals surface area contributed by atoms with Crippen LogP contribution in [-0.4, -0.2) is 48.3 Å². The lowest BCUT2D eigenvalue weighted by atomic mass is 10.2. The third kappa shape index (κ3) is 5.52. The molecule has 1 N–H and O–H groups in total. The second-order valence-electron chi connectivity index (χ2n) is 6.18. The van der Waals surface area contributed by atoms with Crippen molar-refractivity contribution >= 4 is 17.4 Å². The molecule has 3 rings (SSSR count). The van der Waals surface area contributed by atoms with Gasteiger partial charge in [-0.1, -0.05) is 37.3 Å². The van der Waals surface area contributed by atoms with Crippen molar-refractivity contribution in [1.82, 2.24) is 15.2 Å². The van der Waals surface area contributed by atoms with Crippen LogP contribution in [0.3, 0.4) is 0 Å². The van der Waals surface area contributed by atoms with Gasteiger partial charge in [0.2, 0.25) is 0 Å². The molecule has 1 saturated heterocycles. The van der Waals surface area contributed by atoms with E-state index in [-0.39, 0.29) is 12.2 Å². The summed E-state index contributed by atoms with van der Waals surface area (Å²) in [6.07, 6.45) is 2.59. The number of benzene rings is 1. The molecule has 2 aromatic rings. The summed E-state index contributed by atoms with van der Waals surface area (Å²) >= 11 is 1.73.